The van der Waals surface area contributed by atoms with E-state index >= 15 is 0 Å². The molecule has 4 nitrogen and oxygen atoms in total. The monoisotopic (exact) mass is 419 g/mol. The van der Waals surface area contributed by atoms with Crippen LogP contribution in [0.25, 0.3) is 21.7 Å². The van der Waals surface area contributed by atoms with Crippen molar-refractivity contribution >= 4 is 23.1 Å². The first-order valence-corrected chi connectivity index (χ1v) is 11.6. The van der Waals surface area contributed by atoms with Crippen LogP contribution in [0.3, 0.4) is 0 Å². The minimum Gasteiger partial charge on any atom is -0.310 e. The highest BCUT2D eigenvalue weighted by Gasteiger charge is 2.34. The number of aryl methyl sites for hydroxylation is 2. The van der Waals surface area contributed by atoms with Crippen LogP contribution in [0.2, 0.25) is 0 Å². The molecule has 4 rings (SSSR count). The van der Waals surface area contributed by atoms with Crippen LogP contribution in [-0.4, -0.2) is 15.9 Å². The fourth-order valence-corrected chi connectivity index (χ4v) is 5.19. The molecule has 1 saturated carbocycles. The van der Waals surface area contributed by atoms with Gasteiger partial charge in [-0.3, -0.25) is 4.79 Å². The van der Waals surface area contributed by atoms with Gasteiger partial charge in [0.25, 0.3) is 0 Å². The summed E-state index contributed by atoms with van der Waals surface area (Å²) in [4.78, 5) is 23.4. The Hall–Kier alpha value is -2.53. The summed E-state index contributed by atoms with van der Waals surface area (Å²) in [5.74, 6) is 0.704. The van der Waals surface area contributed by atoms with Crippen molar-refractivity contribution in [3.63, 3.8) is 0 Å². The molecule has 2 aromatic heterocycles. The maximum Gasteiger partial charge on any atom is 0.231 e. The van der Waals surface area contributed by atoms with Gasteiger partial charge in [-0.2, -0.15) is 0 Å². The number of anilines is 1. The Morgan fingerprint density at radius 3 is 2.67 bits per heavy atom. The summed E-state index contributed by atoms with van der Waals surface area (Å²) >= 11 is 1.72. The zero-order chi connectivity index (χ0) is 21.1. The smallest absolute Gasteiger partial charge is 0.231 e. The van der Waals surface area contributed by atoms with Gasteiger partial charge in [-0.05, 0) is 49.9 Å². The molecule has 156 valence electrons. The number of nitrogens with one attached hydrogen (secondary N) is 1. The molecule has 5 heteroatoms. The fourth-order valence-electron chi connectivity index (χ4n) is 4.17. The molecule has 0 atom stereocenters. The first kappa shape index (κ1) is 20.7. The van der Waals surface area contributed by atoms with Crippen molar-refractivity contribution in [3.05, 3.63) is 53.2 Å². The van der Waals surface area contributed by atoms with Gasteiger partial charge < -0.3 is 5.32 Å². The normalized spacial score (nSPS) is 15.7. The number of benzene rings is 1. The highest BCUT2D eigenvalue weighted by atomic mass is 32.1. The van der Waals surface area contributed by atoms with Gasteiger partial charge in [-0.25, -0.2) is 9.97 Å². The number of carbonyl (C=O) groups excluding carboxylic acids is 1. The SMILES string of the molecule is CCc1nc(-c2cccc(C)c2)c(-c2ccnc(NC(=O)C3(C)CCCCC3)c2)s1. The summed E-state index contributed by atoms with van der Waals surface area (Å²) in [5, 5.41) is 4.20. The number of pyridine rings is 1. The van der Waals surface area contributed by atoms with Gasteiger partial charge in [0.05, 0.1) is 15.6 Å². The maximum atomic E-state index is 13.0. The Morgan fingerprint density at radius 1 is 1.13 bits per heavy atom. The highest BCUT2D eigenvalue weighted by Crippen LogP contribution is 2.39. The highest BCUT2D eigenvalue weighted by molar-refractivity contribution is 7.15. The second kappa shape index (κ2) is 8.68. The van der Waals surface area contributed by atoms with Crippen LogP contribution < -0.4 is 5.32 Å². The molecule has 0 radical (unpaired) electrons. The lowest BCUT2D eigenvalue weighted by Gasteiger charge is -2.31. The van der Waals surface area contributed by atoms with Crippen molar-refractivity contribution in [1.29, 1.82) is 0 Å². The number of amides is 1. The van der Waals surface area contributed by atoms with Crippen molar-refractivity contribution in [1.82, 2.24) is 9.97 Å². The third kappa shape index (κ3) is 4.31. The number of hydrogen-bond donors (Lipinski definition) is 1. The predicted molar refractivity (Wildman–Crippen MR) is 125 cm³/mol. The molecule has 0 bridgehead atoms. The first-order chi connectivity index (χ1) is 14.5. The summed E-state index contributed by atoms with van der Waals surface area (Å²) < 4.78 is 0. The molecule has 30 heavy (non-hydrogen) atoms. The zero-order valence-corrected chi connectivity index (χ0v) is 18.8. The first-order valence-electron chi connectivity index (χ1n) is 10.8. The minimum absolute atomic E-state index is 0.0873. The van der Waals surface area contributed by atoms with Crippen molar-refractivity contribution in [3.8, 4) is 21.7 Å². The molecule has 1 aliphatic carbocycles. The molecule has 1 aromatic carbocycles. The lowest BCUT2D eigenvalue weighted by atomic mass is 9.75. The van der Waals surface area contributed by atoms with Gasteiger partial charge in [-0.1, -0.05) is 56.9 Å². The standard InChI is InChI=1S/C25H29N3OS/c1-4-21-28-22(18-10-8-9-17(2)15-18)23(30-21)19-11-14-26-20(16-19)27-24(29)25(3)12-6-5-7-13-25/h8-11,14-16H,4-7,12-13H2,1-3H3,(H,26,27,29). The lowest BCUT2D eigenvalue weighted by Crippen LogP contribution is -2.35. The van der Waals surface area contributed by atoms with E-state index in [1.807, 2.05) is 12.1 Å². The molecular weight excluding hydrogens is 390 g/mol. The van der Waals surface area contributed by atoms with Crippen molar-refractivity contribution in [2.75, 3.05) is 5.32 Å². The van der Waals surface area contributed by atoms with Crippen LogP contribution >= 0.6 is 11.3 Å². The van der Waals surface area contributed by atoms with E-state index in [-0.39, 0.29) is 11.3 Å². The van der Waals surface area contributed by atoms with E-state index in [9.17, 15) is 4.79 Å². The van der Waals surface area contributed by atoms with Gasteiger partial charge >= 0.3 is 0 Å². The van der Waals surface area contributed by atoms with E-state index in [1.54, 1.807) is 17.5 Å². The molecule has 1 fully saturated rings. The van der Waals surface area contributed by atoms with Gasteiger partial charge in [0.1, 0.15) is 5.82 Å². The van der Waals surface area contributed by atoms with E-state index in [0.29, 0.717) is 5.82 Å². The molecule has 1 amide bonds. The Labute approximate surface area is 182 Å². The van der Waals surface area contributed by atoms with Gasteiger partial charge in [0.15, 0.2) is 0 Å². The second-order valence-electron chi connectivity index (χ2n) is 8.51. The number of thiazole rings is 1. The number of carbonyl (C=O) groups is 1. The van der Waals surface area contributed by atoms with Crippen LogP contribution in [0, 0.1) is 12.3 Å². The number of rotatable bonds is 5. The zero-order valence-electron chi connectivity index (χ0n) is 18.0. The Balaban J connectivity index is 1.66. The lowest BCUT2D eigenvalue weighted by molar-refractivity contribution is -0.126. The maximum absolute atomic E-state index is 13.0. The second-order valence-corrected chi connectivity index (χ2v) is 9.60. The topological polar surface area (TPSA) is 54.9 Å². The fraction of sp³-hybridized carbons (Fsp3) is 0.400. The predicted octanol–water partition coefficient (Wildman–Crippen LogP) is 6.65. The molecule has 0 unspecified atom stereocenters. The van der Waals surface area contributed by atoms with E-state index in [0.717, 1.165) is 58.8 Å². The van der Waals surface area contributed by atoms with E-state index in [1.165, 1.54) is 12.0 Å². The molecule has 0 saturated heterocycles. The van der Waals surface area contributed by atoms with Crippen molar-refractivity contribution in [2.24, 2.45) is 5.41 Å². The van der Waals surface area contributed by atoms with Crippen molar-refractivity contribution in [2.45, 2.75) is 59.3 Å². The molecule has 1 N–H and O–H groups in total. The van der Waals surface area contributed by atoms with Gasteiger partial charge in [-0.15, -0.1) is 11.3 Å². The molecule has 1 aliphatic rings. The quantitative estimate of drug-likeness (QED) is 0.503. The summed E-state index contributed by atoms with van der Waals surface area (Å²) in [5.41, 5.74) is 4.10. The van der Waals surface area contributed by atoms with Crippen LogP contribution in [-0.2, 0) is 11.2 Å². The molecule has 0 spiro atoms. The van der Waals surface area contributed by atoms with Gasteiger partial charge in [0.2, 0.25) is 5.91 Å². The molecule has 2 heterocycles. The van der Waals surface area contributed by atoms with Crippen LogP contribution in [0.4, 0.5) is 5.82 Å². The summed E-state index contributed by atoms with van der Waals surface area (Å²) in [6, 6.07) is 12.4. The molecular formula is C25H29N3OS. The summed E-state index contributed by atoms with van der Waals surface area (Å²) in [7, 11) is 0. The number of aromatic nitrogens is 2. The Kier molecular flexibility index (Phi) is 6.00. The van der Waals surface area contributed by atoms with E-state index in [2.05, 4.69) is 55.3 Å². The minimum atomic E-state index is -0.289. The Morgan fingerprint density at radius 2 is 1.93 bits per heavy atom. The summed E-state index contributed by atoms with van der Waals surface area (Å²) in [6.07, 6.45) is 8.05. The average molecular weight is 420 g/mol. The van der Waals surface area contributed by atoms with E-state index in [4.69, 9.17) is 4.98 Å². The number of hydrogen-bond acceptors (Lipinski definition) is 4. The van der Waals surface area contributed by atoms with E-state index < -0.39 is 0 Å². The molecule has 0 aliphatic heterocycles. The van der Waals surface area contributed by atoms with Crippen molar-refractivity contribution < 1.29 is 4.79 Å². The average Bonchev–Trinajstić information content (AvgIpc) is 3.19. The largest absolute Gasteiger partial charge is 0.310 e. The third-order valence-corrected chi connectivity index (χ3v) is 7.28. The Bertz CT molecular complexity index is 1050. The summed E-state index contributed by atoms with van der Waals surface area (Å²) in [6.45, 7) is 6.31. The van der Waals surface area contributed by atoms with Crippen LogP contribution in [0.15, 0.2) is 42.6 Å². The third-order valence-electron chi connectivity index (χ3n) is 6.03. The molecule has 3 aromatic rings. The number of nitrogens with zero attached hydrogens (tertiary/aromatic N) is 2. The van der Waals surface area contributed by atoms with Gasteiger partial charge in [0, 0.05) is 17.2 Å². The van der Waals surface area contributed by atoms with Crippen LogP contribution in [0.1, 0.15) is 56.5 Å². The van der Waals surface area contributed by atoms with Crippen LogP contribution in [0.5, 0.6) is 0 Å².